The molecule has 0 atom stereocenters. The fourth-order valence-electron chi connectivity index (χ4n) is 3.43. The van der Waals surface area contributed by atoms with Crippen LogP contribution in [0.4, 0.5) is 24.5 Å². The number of benzene rings is 2. The molecule has 10 nitrogen and oxygen atoms in total. The molecule has 1 heterocycles. The number of aliphatic carboxylic acids is 1. The van der Waals surface area contributed by atoms with Gasteiger partial charge in [0, 0.05) is 19.2 Å². The van der Waals surface area contributed by atoms with E-state index < -0.39 is 28.1 Å². The molecule has 39 heavy (non-hydrogen) atoms. The average Bonchev–Trinajstić information content (AvgIpc) is 3.15. The fraction of sp³-hybridized carbons (Fsp3) is 0.320. The molecule has 3 rings (SSSR count). The third kappa shape index (κ3) is 8.21. The van der Waals surface area contributed by atoms with Gasteiger partial charge in [0.1, 0.15) is 5.76 Å². The van der Waals surface area contributed by atoms with Crippen molar-refractivity contribution in [1.82, 2.24) is 5.16 Å². The second-order valence-electron chi connectivity index (χ2n) is 8.67. The van der Waals surface area contributed by atoms with E-state index in [1.54, 1.807) is 18.2 Å². The Kier molecular flexibility index (Phi) is 9.74. The number of anilines is 2. The minimum absolute atomic E-state index is 0.00865. The van der Waals surface area contributed by atoms with Gasteiger partial charge < -0.3 is 19.6 Å². The van der Waals surface area contributed by atoms with Crippen LogP contribution in [-0.2, 0) is 21.2 Å². The summed E-state index contributed by atoms with van der Waals surface area (Å²) in [6, 6.07) is 9.27. The summed E-state index contributed by atoms with van der Waals surface area (Å²) in [7, 11) is -2.10. The van der Waals surface area contributed by atoms with Crippen LogP contribution in [0, 0.1) is 27.7 Å². The maximum absolute atomic E-state index is 13.1. The van der Waals surface area contributed by atoms with E-state index in [9.17, 15) is 31.5 Å². The Morgan fingerprint density at radius 3 is 2.13 bits per heavy atom. The second-order valence-corrected chi connectivity index (χ2v) is 10.3. The number of sulfonamides is 1. The maximum Gasteiger partial charge on any atom is 0.490 e. The van der Waals surface area contributed by atoms with E-state index in [0.29, 0.717) is 18.7 Å². The van der Waals surface area contributed by atoms with Gasteiger partial charge >= 0.3 is 18.1 Å². The lowest BCUT2D eigenvalue weighted by Gasteiger charge is -2.23. The first-order valence-corrected chi connectivity index (χ1v) is 12.8. The molecule has 0 saturated heterocycles. The zero-order valence-electron chi connectivity index (χ0n) is 21.8. The van der Waals surface area contributed by atoms with Crippen molar-refractivity contribution >= 4 is 33.3 Å². The van der Waals surface area contributed by atoms with Gasteiger partial charge in [0.2, 0.25) is 0 Å². The van der Waals surface area contributed by atoms with Crippen molar-refractivity contribution in [3.63, 3.8) is 0 Å². The lowest BCUT2D eigenvalue weighted by atomic mass is 10.1. The Morgan fingerprint density at radius 2 is 1.64 bits per heavy atom. The van der Waals surface area contributed by atoms with E-state index in [4.69, 9.17) is 14.4 Å². The first-order chi connectivity index (χ1) is 17.9. The third-order valence-corrected chi connectivity index (χ3v) is 7.17. The summed E-state index contributed by atoms with van der Waals surface area (Å²) in [6.45, 7) is 8.01. The van der Waals surface area contributed by atoms with E-state index in [0.717, 1.165) is 28.1 Å². The van der Waals surface area contributed by atoms with E-state index in [1.807, 2.05) is 39.6 Å². The van der Waals surface area contributed by atoms with Gasteiger partial charge in [-0.2, -0.15) is 13.2 Å². The number of carboxylic acid groups (broad SMARTS) is 2. The molecular formula is C25H28F3N3O7S. The van der Waals surface area contributed by atoms with Crippen LogP contribution in [0.25, 0.3) is 0 Å². The maximum atomic E-state index is 13.1. The lowest BCUT2D eigenvalue weighted by Crippen LogP contribution is -2.23. The number of aromatic carboxylic acids is 1. The molecule has 1 aromatic heterocycles. The molecule has 0 aliphatic carbocycles. The first kappa shape index (κ1) is 31.1. The number of halogens is 3. The molecule has 0 aliphatic rings. The molecule has 2 aromatic carbocycles. The van der Waals surface area contributed by atoms with Crippen molar-refractivity contribution in [3.05, 3.63) is 70.1 Å². The molecule has 14 heteroatoms. The van der Waals surface area contributed by atoms with Gasteiger partial charge in [0.05, 0.1) is 27.5 Å². The van der Waals surface area contributed by atoms with Crippen LogP contribution in [0.5, 0.6) is 0 Å². The smallest absolute Gasteiger partial charge is 0.478 e. The van der Waals surface area contributed by atoms with Gasteiger partial charge in [-0.05, 0) is 75.6 Å². The molecule has 0 fully saturated rings. The Hall–Kier alpha value is -4.07. The summed E-state index contributed by atoms with van der Waals surface area (Å²) in [6.07, 6.45) is -4.44. The van der Waals surface area contributed by atoms with Crippen LogP contribution in [0.3, 0.4) is 0 Å². The zero-order chi connectivity index (χ0) is 29.7. The number of alkyl halides is 3. The molecule has 0 spiro atoms. The fourth-order valence-corrected chi connectivity index (χ4v) is 4.58. The molecule has 212 valence electrons. The highest BCUT2D eigenvalue weighted by molar-refractivity contribution is 7.92. The monoisotopic (exact) mass is 571 g/mol. The Bertz CT molecular complexity index is 1450. The molecule has 0 bridgehead atoms. The predicted octanol–water partition coefficient (Wildman–Crippen LogP) is 4.72. The second kappa shape index (κ2) is 12.2. The van der Waals surface area contributed by atoms with Crippen molar-refractivity contribution in [1.29, 1.82) is 0 Å². The number of carbonyl (C=O) groups is 2. The predicted molar refractivity (Wildman–Crippen MR) is 137 cm³/mol. The Morgan fingerprint density at radius 1 is 1.03 bits per heavy atom. The number of hydrogen-bond acceptors (Lipinski definition) is 7. The van der Waals surface area contributed by atoms with Crippen molar-refractivity contribution in [2.24, 2.45) is 0 Å². The number of likely N-dealkylation sites (N-methyl/N-ethyl adjacent to an activating group) is 1. The SMILES string of the molecule is Cc1ccc(S(=O)(=O)Nc2cc(C(=O)O)ccc2N(C)CCc2c(C)noc2C)cc1C.O=C(O)C(F)(F)F. The minimum atomic E-state index is -5.08. The molecule has 0 unspecified atom stereocenters. The van der Waals surface area contributed by atoms with Gasteiger partial charge in [-0.15, -0.1) is 0 Å². The highest BCUT2D eigenvalue weighted by Gasteiger charge is 2.38. The number of hydrogen-bond donors (Lipinski definition) is 3. The molecule has 3 aromatic rings. The van der Waals surface area contributed by atoms with Crippen LogP contribution in [-0.4, -0.2) is 55.5 Å². The first-order valence-electron chi connectivity index (χ1n) is 11.3. The normalized spacial score (nSPS) is 11.4. The lowest BCUT2D eigenvalue weighted by molar-refractivity contribution is -0.192. The van der Waals surface area contributed by atoms with Crippen LogP contribution in [0.2, 0.25) is 0 Å². The van der Waals surface area contributed by atoms with Gasteiger partial charge in [-0.1, -0.05) is 11.2 Å². The van der Waals surface area contributed by atoms with Crippen LogP contribution >= 0.6 is 0 Å². The number of aryl methyl sites for hydroxylation is 4. The summed E-state index contributed by atoms with van der Waals surface area (Å²) >= 11 is 0. The Balaban J connectivity index is 0.000000673. The summed E-state index contributed by atoms with van der Waals surface area (Å²) in [4.78, 5) is 22.4. The summed E-state index contributed by atoms with van der Waals surface area (Å²) < 4.78 is 65.6. The van der Waals surface area contributed by atoms with E-state index in [2.05, 4.69) is 9.88 Å². The van der Waals surface area contributed by atoms with Gasteiger partial charge in [-0.25, -0.2) is 18.0 Å². The van der Waals surface area contributed by atoms with Crippen molar-refractivity contribution in [3.8, 4) is 0 Å². The van der Waals surface area contributed by atoms with Gasteiger partial charge in [0.15, 0.2) is 0 Å². The van der Waals surface area contributed by atoms with E-state index in [1.165, 1.54) is 18.2 Å². The molecule has 0 amide bonds. The molecule has 0 radical (unpaired) electrons. The molecular weight excluding hydrogens is 543 g/mol. The minimum Gasteiger partial charge on any atom is -0.478 e. The molecule has 0 saturated carbocycles. The summed E-state index contributed by atoms with van der Waals surface area (Å²) in [5.41, 5.74) is 4.40. The molecule has 0 aliphatic heterocycles. The van der Waals surface area contributed by atoms with Crippen molar-refractivity contribution in [2.75, 3.05) is 23.2 Å². The highest BCUT2D eigenvalue weighted by atomic mass is 32.2. The number of rotatable bonds is 8. The number of carboxylic acids is 2. The highest BCUT2D eigenvalue weighted by Crippen LogP contribution is 2.30. The van der Waals surface area contributed by atoms with Gasteiger partial charge in [-0.3, -0.25) is 4.72 Å². The van der Waals surface area contributed by atoms with Crippen LogP contribution in [0.1, 0.15) is 38.5 Å². The third-order valence-electron chi connectivity index (χ3n) is 5.81. The average molecular weight is 572 g/mol. The molecule has 3 N–H and O–H groups in total. The zero-order valence-corrected chi connectivity index (χ0v) is 22.6. The van der Waals surface area contributed by atoms with Crippen molar-refractivity contribution in [2.45, 2.75) is 45.2 Å². The number of nitrogens with zero attached hydrogens (tertiary/aromatic N) is 2. The topological polar surface area (TPSA) is 150 Å². The van der Waals surface area contributed by atoms with E-state index in [-0.39, 0.29) is 16.1 Å². The number of nitrogens with one attached hydrogen (secondary N) is 1. The number of aromatic nitrogens is 1. The quantitative estimate of drug-likeness (QED) is 0.349. The summed E-state index contributed by atoms with van der Waals surface area (Å²) in [5.74, 6) is -3.15. The van der Waals surface area contributed by atoms with E-state index >= 15 is 0 Å². The van der Waals surface area contributed by atoms with Crippen LogP contribution < -0.4 is 9.62 Å². The van der Waals surface area contributed by atoms with Gasteiger partial charge in [0.25, 0.3) is 10.0 Å². The van der Waals surface area contributed by atoms with Crippen LogP contribution in [0.15, 0.2) is 45.8 Å². The Labute approximate surface area is 223 Å². The summed E-state index contributed by atoms with van der Waals surface area (Å²) in [5, 5.41) is 20.5. The largest absolute Gasteiger partial charge is 0.490 e. The van der Waals surface area contributed by atoms with Crippen molar-refractivity contribution < 1.29 is 45.9 Å². The standard InChI is InChI=1S/C23H27N3O5S.C2HF3O2/c1-14-6-8-19(12-15(14)2)32(29,30)25-21-13-18(23(27)28)7-9-22(21)26(5)11-10-20-16(3)24-31-17(20)4;3-2(4,5)1(6)7/h6-9,12-13,25H,10-11H2,1-5H3,(H,27,28);(H,6,7).